The second kappa shape index (κ2) is 8.92. The molecular weight excluding hydrogens is 298 g/mol. The summed E-state index contributed by atoms with van der Waals surface area (Å²) in [5.74, 6) is 0.885. The van der Waals surface area contributed by atoms with Crippen molar-refractivity contribution in [3.05, 3.63) is 71.9 Å². The minimum absolute atomic E-state index is 0.112. The van der Waals surface area contributed by atoms with Crippen LogP contribution in [0.25, 0.3) is 5.57 Å². The first-order valence-corrected chi connectivity index (χ1v) is 8.35. The number of ether oxygens (including phenoxy) is 1. The topological polar surface area (TPSA) is 29.5 Å². The molecule has 0 amide bonds. The van der Waals surface area contributed by atoms with Crippen molar-refractivity contribution in [2.75, 3.05) is 20.2 Å². The Kier molecular flexibility index (Phi) is 6.62. The predicted octanol–water partition coefficient (Wildman–Crippen LogP) is 4.19. The summed E-state index contributed by atoms with van der Waals surface area (Å²) in [6, 6.07) is 17.5. The van der Waals surface area contributed by atoms with Crippen LogP contribution in [0.2, 0.25) is 0 Å². The molecule has 0 aromatic heterocycles. The summed E-state index contributed by atoms with van der Waals surface area (Å²) in [4.78, 5) is 15.1. The molecule has 0 aliphatic rings. The monoisotopic (exact) mass is 323 g/mol. The molecule has 0 unspecified atom stereocenters. The Morgan fingerprint density at radius 3 is 2.38 bits per heavy atom. The zero-order valence-corrected chi connectivity index (χ0v) is 14.7. The van der Waals surface area contributed by atoms with Gasteiger partial charge in [0.05, 0.1) is 7.11 Å². The van der Waals surface area contributed by atoms with Gasteiger partial charge in [0.25, 0.3) is 0 Å². The lowest BCUT2D eigenvalue weighted by molar-refractivity contribution is -0.113. The highest BCUT2D eigenvalue weighted by Gasteiger charge is 2.14. The number of hydrogen-bond acceptors (Lipinski definition) is 3. The number of nitrogens with zero attached hydrogens (tertiary/aromatic N) is 1. The van der Waals surface area contributed by atoms with Crippen molar-refractivity contribution in [2.24, 2.45) is 0 Å². The van der Waals surface area contributed by atoms with Crippen LogP contribution in [0.4, 0.5) is 0 Å². The molecule has 2 rings (SSSR count). The van der Waals surface area contributed by atoms with Crippen LogP contribution in [0.15, 0.2) is 60.8 Å². The van der Waals surface area contributed by atoms with Crippen LogP contribution in [-0.4, -0.2) is 30.9 Å². The molecule has 0 radical (unpaired) electrons. The molecule has 0 heterocycles. The molecule has 3 nitrogen and oxygen atoms in total. The van der Waals surface area contributed by atoms with E-state index < -0.39 is 0 Å². The Morgan fingerprint density at radius 1 is 1.04 bits per heavy atom. The molecule has 0 atom stereocenters. The molecule has 24 heavy (non-hydrogen) atoms. The molecule has 0 spiro atoms. The van der Waals surface area contributed by atoms with E-state index >= 15 is 0 Å². The molecule has 126 valence electrons. The van der Waals surface area contributed by atoms with Gasteiger partial charge >= 0.3 is 0 Å². The van der Waals surface area contributed by atoms with Gasteiger partial charge in [-0.05, 0) is 37.1 Å². The molecule has 0 fully saturated rings. The van der Waals surface area contributed by atoms with Gasteiger partial charge in [-0.15, -0.1) is 0 Å². The standard InChI is InChI=1S/C21H25NO2/c1-4-22(5-2)16-20(18-11-7-6-8-12-18)21(23)15-17-10-9-13-19(14-17)24-3/h6-14,16H,4-5,15H2,1-3H3. The summed E-state index contributed by atoms with van der Waals surface area (Å²) < 4.78 is 5.25. The summed E-state index contributed by atoms with van der Waals surface area (Å²) in [6.07, 6.45) is 2.34. The Bertz CT molecular complexity index is 688. The maximum absolute atomic E-state index is 12.9. The Balaban J connectivity index is 2.30. The number of allylic oxidation sites excluding steroid dienone is 1. The fourth-order valence-corrected chi connectivity index (χ4v) is 2.58. The van der Waals surface area contributed by atoms with Crippen LogP contribution in [0, 0.1) is 0 Å². The van der Waals surface area contributed by atoms with E-state index in [0.29, 0.717) is 6.42 Å². The lowest BCUT2D eigenvalue weighted by atomic mass is 9.97. The first kappa shape index (κ1) is 17.8. The first-order chi connectivity index (χ1) is 11.7. The SMILES string of the molecule is CCN(C=C(C(=O)Cc1cccc(OC)c1)c1ccccc1)CC. The maximum Gasteiger partial charge on any atom is 0.169 e. The van der Waals surface area contributed by atoms with Crippen molar-refractivity contribution in [1.29, 1.82) is 0 Å². The molecule has 0 aliphatic carbocycles. The largest absolute Gasteiger partial charge is 0.497 e. The zero-order valence-electron chi connectivity index (χ0n) is 14.7. The normalized spacial score (nSPS) is 11.2. The fourth-order valence-electron chi connectivity index (χ4n) is 2.58. The molecular formula is C21H25NO2. The van der Waals surface area contributed by atoms with Gasteiger partial charge in [0.2, 0.25) is 0 Å². The van der Waals surface area contributed by atoms with Crippen LogP contribution in [0.5, 0.6) is 5.75 Å². The molecule has 0 bridgehead atoms. The van der Waals surface area contributed by atoms with Gasteiger partial charge in [0.1, 0.15) is 5.75 Å². The van der Waals surface area contributed by atoms with Crippen LogP contribution in [0.1, 0.15) is 25.0 Å². The number of Topliss-reactive ketones (excluding diaryl/α,β-unsaturated/α-hetero) is 1. The van der Waals surface area contributed by atoms with Gasteiger partial charge < -0.3 is 9.64 Å². The molecule has 0 saturated heterocycles. The van der Waals surface area contributed by atoms with Crippen molar-refractivity contribution < 1.29 is 9.53 Å². The van der Waals surface area contributed by atoms with Crippen molar-refractivity contribution >= 4 is 11.4 Å². The third-order valence-corrected chi connectivity index (χ3v) is 4.01. The van der Waals surface area contributed by atoms with Crippen LogP contribution in [0.3, 0.4) is 0 Å². The van der Waals surface area contributed by atoms with Gasteiger partial charge in [-0.25, -0.2) is 0 Å². The third kappa shape index (κ3) is 4.72. The van der Waals surface area contributed by atoms with Crippen LogP contribution in [-0.2, 0) is 11.2 Å². The highest BCUT2D eigenvalue weighted by Crippen LogP contribution is 2.20. The minimum Gasteiger partial charge on any atom is -0.497 e. The summed E-state index contributed by atoms with van der Waals surface area (Å²) in [5, 5.41) is 0. The number of methoxy groups -OCH3 is 1. The summed E-state index contributed by atoms with van der Waals surface area (Å²) in [5.41, 5.74) is 2.67. The molecule has 3 heteroatoms. The lowest BCUT2D eigenvalue weighted by Gasteiger charge is -2.18. The van der Waals surface area contributed by atoms with Crippen LogP contribution < -0.4 is 4.74 Å². The summed E-state index contributed by atoms with van der Waals surface area (Å²) in [6.45, 7) is 5.93. The first-order valence-electron chi connectivity index (χ1n) is 8.35. The van der Waals surface area contributed by atoms with Gasteiger partial charge in [-0.3, -0.25) is 4.79 Å². The number of rotatable bonds is 8. The molecule has 2 aromatic rings. The Labute approximate surface area is 144 Å². The van der Waals surface area contributed by atoms with E-state index in [0.717, 1.165) is 35.5 Å². The van der Waals surface area contributed by atoms with Crippen molar-refractivity contribution in [3.63, 3.8) is 0 Å². The fraction of sp³-hybridized carbons (Fsp3) is 0.286. The van der Waals surface area contributed by atoms with E-state index in [1.165, 1.54) is 0 Å². The van der Waals surface area contributed by atoms with Gasteiger partial charge in [-0.1, -0.05) is 42.5 Å². The van der Waals surface area contributed by atoms with E-state index in [9.17, 15) is 4.79 Å². The van der Waals surface area contributed by atoms with Crippen molar-refractivity contribution in [1.82, 2.24) is 4.90 Å². The number of hydrogen-bond donors (Lipinski definition) is 0. The zero-order chi connectivity index (χ0) is 17.4. The van der Waals surface area contributed by atoms with E-state index in [2.05, 4.69) is 18.7 Å². The highest BCUT2D eigenvalue weighted by atomic mass is 16.5. The van der Waals surface area contributed by atoms with E-state index in [-0.39, 0.29) is 5.78 Å². The lowest BCUT2D eigenvalue weighted by Crippen LogP contribution is -2.18. The second-order valence-electron chi connectivity index (χ2n) is 5.58. The molecule has 0 N–H and O–H groups in total. The number of ketones is 1. The highest BCUT2D eigenvalue weighted by molar-refractivity contribution is 6.21. The van der Waals surface area contributed by atoms with Gasteiger partial charge in [0.15, 0.2) is 5.78 Å². The number of carbonyl (C=O) groups is 1. The van der Waals surface area contributed by atoms with Gasteiger partial charge in [-0.2, -0.15) is 0 Å². The van der Waals surface area contributed by atoms with Crippen molar-refractivity contribution in [2.45, 2.75) is 20.3 Å². The third-order valence-electron chi connectivity index (χ3n) is 4.01. The summed E-state index contributed by atoms with van der Waals surface area (Å²) >= 11 is 0. The average molecular weight is 323 g/mol. The quantitative estimate of drug-likeness (QED) is 0.682. The van der Waals surface area contributed by atoms with Crippen LogP contribution >= 0.6 is 0 Å². The number of carbonyl (C=O) groups excluding carboxylic acids is 1. The van der Waals surface area contributed by atoms with E-state index in [1.807, 2.05) is 60.8 Å². The molecule has 2 aromatic carbocycles. The smallest absolute Gasteiger partial charge is 0.169 e. The maximum atomic E-state index is 12.9. The van der Waals surface area contributed by atoms with Crippen molar-refractivity contribution in [3.8, 4) is 5.75 Å². The molecule has 0 saturated carbocycles. The Hall–Kier alpha value is -2.55. The van der Waals surface area contributed by atoms with E-state index in [4.69, 9.17) is 4.74 Å². The van der Waals surface area contributed by atoms with E-state index in [1.54, 1.807) is 7.11 Å². The second-order valence-corrected chi connectivity index (χ2v) is 5.58. The minimum atomic E-state index is 0.112. The Morgan fingerprint density at radius 2 is 1.75 bits per heavy atom. The average Bonchev–Trinajstić information content (AvgIpc) is 2.63. The number of benzene rings is 2. The molecule has 0 aliphatic heterocycles. The van der Waals surface area contributed by atoms with Gasteiger partial charge in [0, 0.05) is 31.3 Å². The predicted molar refractivity (Wildman–Crippen MR) is 99.0 cm³/mol. The summed E-state index contributed by atoms with van der Waals surface area (Å²) in [7, 11) is 1.64.